The number of amides is 1. The van der Waals surface area contributed by atoms with Gasteiger partial charge in [-0.15, -0.1) is 0 Å². The summed E-state index contributed by atoms with van der Waals surface area (Å²) in [7, 11) is 0. The normalized spacial score (nSPS) is 15.0. The number of aryl methyl sites for hydroxylation is 2. The number of fused-ring (bicyclic) bond motifs is 3. The highest BCUT2D eigenvalue weighted by atomic mass is 16.6. The van der Waals surface area contributed by atoms with Crippen LogP contribution in [0.3, 0.4) is 0 Å². The molecule has 2 aromatic heterocycles. The predicted molar refractivity (Wildman–Crippen MR) is 84.9 cm³/mol. The van der Waals surface area contributed by atoms with Crippen molar-refractivity contribution in [3.05, 3.63) is 11.5 Å². The third-order valence-electron chi connectivity index (χ3n) is 3.51. The zero-order chi connectivity index (χ0) is 16.1. The molecule has 0 atom stereocenters. The fourth-order valence-electron chi connectivity index (χ4n) is 2.73. The number of nitrogens with zero attached hydrogens (tertiary/aromatic N) is 3. The number of carbonyl (C=O) groups excluding carboxylic acids is 1. The molecule has 0 unspecified atom stereocenters. The second kappa shape index (κ2) is 4.86. The maximum Gasteiger partial charge on any atom is 0.414 e. The van der Waals surface area contributed by atoms with Crippen molar-refractivity contribution in [2.75, 3.05) is 17.2 Å². The lowest BCUT2D eigenvalue weighted by Crippen LogP contribution is -2.40. The van der Waals surface area contributed by atoms with Gasteiger partial charge < -0.3 is 15.5 Å². The Kier molecular flexibility index (Phi) is 3.23. The quantitative estimate of drug-likeness (QED) is 0.779. The Balaban J connectivity index is 2.12. The van der Waals surface area contributed by atoms with Gasteiger partial charge in [-0.25, -0.2) is 14.8 Å². The van der Waals surface area contributed by atoms with Gasteiger partial charge in [-0.05, 0) is 40.5 Å². The summed E-state index contributed by atoms with van der Waals surface area (Å²) >= 11 is 0. The molecule has 0 spiro atoms. The molecule has 1 amide bonds. The zero-order valence-corrected chi connectivity index (χ0v) is 13.4. The first-order valence-electron chi connectivity index (χ1n) is 7.41. The Morgan fingerprint density at radius 2 is 2.09 bits per heavy atom. The van der Waals surface area contributed by atoms with E-state index in [1.165, 1.54) is 0 Å². The molecule has 22 heavy (non-hydrogen) atoms. The molecule has 0 saturated carbocycles. The first-order valence-corrected chi connectivity index (χ1v) is 7.41. The van der Waals surface area contributed by atoms with Gasteiger partial charge in [0, 0.05) is 6.54 Å². The third kappa shape index (κ3) is 2.47. The molecule has 0 radical (unpaired) electrons. The van der Waals surface area contributed by atoms with Crippen molar-refractivity contribution >= 4 is 28.6 Å². The van der Waals surface area contributed by atoms with Crippen molar-refractivity contribution in [1.29, 1.82) is 0 Å². The molecule has 0 aliphatic carbocycles. The summed E-state index contributed by atoms with van der Waals surface area (Å²) in [4.78, 5) is 26.1. The Hall–Kier alpha value is -2.31. The monoisotopic (exact) mass is 303 g/mol. The fourth-order valence-corrected chi connectivity index (χ4v) is 2.73. The number of carbonyl (C=O) groups is 1. The molecule has 0 saturated heterocycles. The van der Waals surface area contributed by atoms with Crippen molar-refractivity contribution in [3.63, 3.8) is 0 Å². The van der Waals surface area contributed by atoms with Gasteiger partial charge in [0.1, 0.15) is 16.9 Å². The molecule has 0 aromatic carbocycles. The van der Waals surface area contributed by atoms with Crippen molar-refractivity contribution < 1.29 is 9.53 Å². The summed E-state index contributed by atoms with van der Waals surface area (Å²) in [5, 5.41) is 0. The number of ether oxygens (including phenoxy) is 1. The lowest BCUT2D eigenvalue weighted by Gasteiger charge is -2.31. The highest BCUT2D eigenvalue weighted by Crippen LogP contribution is 2.35. The number of rotatable bonds is 0. The third-order valence-corrected chi connectivity index (χ3v) is 3.51. The number of nitrogen functional groups attached to an aromatic ring is 1. The van der Waals surface area contributed by atoms with Gasteiger partial charge in [-0.1, -0.05) is 0 Å². The van der Waals surface area contributed by atoms with Crippen LogP contribution >= 0.6 is 0 Å². The highest BCUT2D eigenvalue weighted by Gasteiger charge is 2.31. The van der Waals surface area contributed by atoms with Crippen LogP contribution in [0, 0.1) is 6.92 Å². The summed E-state index contributed by atoms with van der Waals surface area (Å²) < 4.78 is 5.51. The van der Waals surface area contributed by atoms with E-state index in [-0.39, 0.29) is 6.09 Å². The lowest BCUT2D eigenvalue weighted by molar-refractivity contribution is 0.0578. The molecule has 118 valence electrons. The second-order valence-corrected chi connectivity index (χ2v) is 6.57. The van der Waals surface area contributed by atoms with Crippen molar-refractivity contribution in [1.82, 2.24) is 15.0 Å². The molecule has 7 heteroatoms. The largest absolute Gasteiger partial charge is 0.443 e. The minimum atomic E-state index is -0.543. The van der Waals surface area contributed by atoms with E-state index in [0.29, 0.717) is 17.9 Å². The van der Waals surface area contributed by atoms with Gasteiger partial charge in [-0.3, -0.25) is 4.90 Å². The Morgan fingerprint density at radius 3 is 2.77 bits per heavy atom. The molecule has 1 aliphatic heterocycles. The molecule has 2 aromatic rings. The minimum Gasteiger partial charge on any atom is -0.443 e. The van der Waals surface area contributed by atoms with Crippen LogP contribution in [0.4, 0.5) is 16.3 Å². The summed E-state index contributed by atoms with van der Waals surface area (Å²) in [6.07, 6.45) is 1.25. The second-order valence-electron chi connectivity index (χ2n) is 6.57. The number of hydrogen-bond donors (Lipinski definition) is 2. The Bertz CT molecular complexity index is 744. The van der Waals surface area contributed by atoms with E-state index in [0.717, 1.165) is 35.6 Å². The molecular formula is C15H21N5O2. The zero-order valence-electron chi connectivity index (χ0n) is 13.4. The van der Waals surface area contributed by atoms with Gasteiger partial charge in [-0.2, -0.15) is 0 Å². The number of aromatic nitrogens is 3. The molecule has 3 rings (SSSR count). The number of imidazole rings is 1. The van der Waals surface area contributed by atoms with Crippen LogP contribution < -0.4 is 10.6 Å². The Labute approximate surface area is 128 Å². The maximum absolute atomic E-state index is 12.5. The minimum absolute atomic E-state index is 0.367. The van der Waals surface area contributed by atoms with Crippen molar-refractivity contribution in [2.24, 2.45) is 0 Å². The molecule has 7 nitrogen and oxygen atoms in total. The van der Waals surface area contributed by atoms with E-state index in [4.69, 9.17) is 10.5 Å². The van der Waals surface area contributed by atoms with E-state index in [2.05, 4.69) is 15.0 Å². The average Bonchev–Trinajstić information content (AvgIpc) is 2.78. The molecule has 0 fully saturated rings. The van der Waals surface area contributed by atoms with Gasteiger partial charge in [0.15, 0.2) is 5.82 Å². The van der Waals surface area contributed by atoms with E-state index in [9.17, 15) is 4.79 Å². The highest BCUT2D eigenvalue weighted by molar-refractivity contribution is 6.03. The number of anilines is 2. The first-order chi connectivity index (χ1) is 10.3. The van der Waals surface area contributed by atoms with Crippen LogP contribution in [0.2, 0.25) is 0 Å². The first kappa shape index (κ1) is 14.6. The standard InChI is InChI=1S/C15H21N5O2/c1-8-17-10-11(18-8)13(16)19-9-6-5-7-20(12(9)10)14(21)22-15(2,3)4/h5-7H2,1-4H3,(H2,16,19)(H,17,18). The summed E-state index contributed by atoms with van der Waals surface area (Å²) in [5.74, 6) is 1.13. The predicted octanol–water partition coefficient (Wildman–Crippen LogP) is 2.54. The summed E-state index contributed by atoms with van der Waals surface area (Å²) in [6.45, 7) is 8.01. The van der Waals surface area contributed by atoms with Crippen molar-refractivity contribution in [2.45, 2.75) is 46.1 Å². The van der Waals surface area contributed by atoms with Crippen LogP contribution in [0.15, 0.2) is 0 Å². The summed E-state index contributed by atoms with van der Waals surface area (Å²) in [5.41, 5.74) is 8.36. The topological polar surface area (TPSA) is 97.1 Å². The molecular weight excluding hydrogens is 282 g/mol. The van der Waals surface area contributed by atoms with Crippen LogP contribution in [0.1, 0.15) is 38.7 Å². The van der Waals surface area contributed by atoms with Gasteiger partial charge in [0.2, 0.25) is 0 Å². The smallest absolute Gasteiger partial charge is 0.414 e. The number of nitrogens with two attached hydrogens (primary N) is 1. The lowest BCUT2D eigenvalue weighted by atomic mass is 10.1. The van der Waals surface area contributed by atoms with Crippen LogP contribution in [-0.2, 0) is 11.2 Å². The van der Waals surface area contributed by atoms with Crippen molar-refractivity contribution in [3.8, 4) is 0 Å². The number of hydrogen-bond acceptors (Lipinski definition) is 5. The fraction of sp³-hybridized carbons (Fsp3) is 0.533. The number of aromatic amines is 1. The molecule has 0 bridgehead atoms. The van der Waals surface area contributed by atoms with Gasteiger partial charge in [0.05, 0.1) is 16.9 Å². The van der Waals surface area contributed by atoms with E-state index >= 15 is 0 Å². The molecule has 1 aliphatic rings. The van der Waals surface area contributed by atoms with Crippen LogP contribution in [0.25, 0.3) is 11.0 Å². The van der Waals surface area contributed by atoms with Crippen LogP contribution in [0.5, 0.6) is 0 Å². The van der Waals surface area contributed by atoms with E-state index in [1.54, 1.807) is 4.90 Å². The van der Waals surface area contributed by atoms with Gasteiger partial charge in [0.25, 0.3) is 0 Å². The maximum atomic E-state index is 12.5. The Morgan fingerprint density at radius 1 is 1.36 bits per heavy atom. The molecule has 3 N–H and O–H groups in total. The van der Waals surface area contributed by atoms with E-state index < -0.39 is 5.60 Å². The SMILES string of the molecule is Cc1nc2c(N)nc3c(c2[nH]1)N(C(=O)OC(C)(C)C)CCC3. The number of nitrogens with one attached hydrogen (secondary N) is 1. The average molecular weight is 303 g/mol. The van der Waals surface area contributed by atoms with Crippen LogP contribution in [-0.4, -0.2) is 33.2 Å². The van der Waals surface area contributed by atoms with Gasteiger partial charge >= 0.3 is 6.09 Å². The number of H-pyrrole nitrogens is 1. The molecule has 3 heterocycles. The summed E-state index contributed by atoms with van der Waals surface area (Å²) in [6, 6.07) is 0. The number of pyridine rings is 1. The van der Waals surface area contributed by atoms with E-state index in [1.807, 2.05) is 27.7 Å².